The Balaban J connectivity index is 1.78. The van der Waals surface area contributed by atoms with Gasteiger partial charge in [-0.15, -0.1) is 11.3 Å². The van der Waals surface area contributed by atoms with Gasteiger partial charge < -0.3 is 11.1 Å². The van der Waals surface area contributed by atoms with Gasteiger partial charge in [-0.25, -0.2) is 4.98 Å². The van der Waals surface area contributed by atoms with Crippen molar-refractivity contribution in [2.24, 2.45) is 5.73 Å². The zero-order valence-electron chi connectivity index (χ0n) is 10.4. The van der Waals surface area contributed by atoms with Crippen molar-refractivity contribution in [3.05, 3.63) is 35.8 Å². The van der Waals surface area contributed by atoms with Crippen LogP contribution >= 0.6 is 11.3 Å². The molecule has 1 amide bonds. The first-order chi connectivity index (χ1) is 9.17. The van der Waals surface area contributed by atoms with Crippen LogP contribution in [0.25, 0.3) is 10.6 Å². The van der Waals surface area contributed by atoms with E-state index in [0.717, 1.165) is 35.5 Å². The third-order valence-corrected chi connectivity index (χ3v) is 4.32. The van der Waals surface area contributed by atoms with Crippen molar-refractivity contribution < 1.29 is 4.79 Å². The highest BCUT2D eigenvalue weighted by Gasteiger charge is 2.40. The molecule has 0 saturated heterocycles. The number of anilines is 1. The molecule has 0 atom stereocenters. The number of nitrogens with two attached hydrogens (primary N) is 1. The lowest BCUT2D eigenvalue weighted by Gasteiger charge is -2.36. The van der Waals surface area contributed by atoms with Crippen LogP contribution in [0.1, 0.15) is 19.3 Å². The number of carbonyl (C=O) groups is 1. The van der Waals surface area contributed by atoms with Gasteiger partial charge in [0.05, 0.1) is 5.54 Å². The summed E-state index contributed by atoms with van der Waals surface area (Å²) in [5.41, 5.74) is 7.11. The first kappa shape index (κ1) is 12.3. The maximum absolute atomic E-state index is 12.1. The molecule has 1 fully saturated rings. The fourth-order valence-corrected chi connectivity index (χ4v) is 2.77. The monoisotopic (exact) mass is 273 g/mol. The number of nitrogens with one attached hydrogen (secondary N) is 1. The van der Waals surface area contributed by atoms with E-state index in [-0.39, 0.29) is 5.91 Å². The maximum atomic E-state index is 12.1. The summed E-state index contributed by atoms with van der Waals surface area (Å²) in [6.07, 6.45) is 4.34. The fraction of sp³-hybridized carbons (Fsp3) is 0.286. The quantitative estimate of drug-likeness (QED) is 0.903. The van der Waals surface area contributed by atoms with Gasteiger partial charge in [0.25, 0.3) is 0 Å². The number of aromatic nitrogens is 1. The lowest BCUT2D eigenvalue weighted by atomic mass is 9.77. The third kappa shape index (κ3) is 2.39. The standard InChI is InChI=1S/C14H15N3OS/c15-14(5-2-6-14)13(18)17-11-4-1-3-10(9-11)12-16-7-8-19-12/h1,3-4,7-9H,2,5-6,15H2,(H,17,18). The molecular weight excluding hydrogens is 258 g/mol. The summed E-state index contributed by atoms with van der Waals surface area (Å²) in [5.74, 6) is -0.0879. The molecular formula is C14H15N3OS. The van der Waals surface area contributed by atoms with Crippen molar-refractivity contribution in [2.75, 3.05) is 5.32 Å². The van der Waals surface area contributed by atoms with Crippen LogP contribution in [0.5, 0.6) is 0 Å². The number of thiazole rings is 1. The van der Waals surface area contributed by atoms with Gasteiger partial charge in [-0.2, -0.15) is 0 Å². The molecule has 0 aliphatic heterocycles. The van der Waals surface area contributed by atoms with Gasteiger partial charge in [-0.3, -0.25) is 4.79 Å². The first-order valence-corrected chi connectivity index (χ1v) is 7.16. The molecule has 0 bridgehead atoms. The number of hydrogen-bond acceptors (Lipinski definition) is 4. The molecule has 4 nitrogen and oxygen atoms in total. The molecule has 0 radical (unpaired) electrons. The van der Waals surface area contributed by atoms with Gasteiger partial charge in [-0.1, -0.05) is 12.1 Å². The molecule has 0 unspecified atom stereocenters. The van der Waals surface area contributed by atoms with Gasteiger partial charge in [0.2, 0.25) is 5.91 Å². The number of carbonyl (C=O) groups excluding carboxylic acids is 1. The maximum Gasteiger partial charge on any atom is 0.244 e. The highest BCUT2D eigenvalue weighted by molar-refractivity contribution is 7.13. The number of hydrogen-bond donors (Lipinski definition) is 2. The zero-order chi connectivity index (χ0) is 13.3. The van der Waals surface area contributed by atoms with Crippen molar-refractivity contribution in [2.45, 2.75) is 24.8 Å². The van der Waals surface area contributed by atoms with Crippen molar-refractivity contribution in [3.8, 4) is 10.6 Å². The summed E-state index contributed by atoms with van der Waals surface area (Å²) in [7, 11) is 0. The average Bonchev–Trinajstić information content (AvgIpc) is 2.90. The Bertz CT molecular complexity index is 590. The molecule has 1 aliphatic carbocycles. The second kappa shape index (κ2) is 4.75. The number of rotatable bonds is 3. The first-order valence-electron chi connectivity index (χ1n) is 6.28. The van der Waals surface area contributed by atoms with Gasteiger partial charge >= 0.3 is 0 Å². The molecule has 5 heteroatoms. The lowest BCUT2D eigenvalue weighted by Crippen LogP contribution is -2.56. The summed E-state index contributed by atoms with van der Waals surface area (Å²) in [6.45, 7) is 0. The average molecular weight is 273 g/mol. The molecule has 3 rings (SSSR count). The molecule has 3 N–H and O–H groups in total. The Hall–Kier alpha value is -1.72. The summed E-state index contributed by atoms with van der Waals surface area (Å²) < 4.78 is 0. The highest BCUT2D eigenvalue weighted by atomic mass is 32.1. The van der Waals surface area contributed by atoms with E-state index in [1.807, 2.05) is 29.6 Å². The van der Waals surface area contributed by atoms with E-state index >= 15 is 0 Å². The third-order valence-electron chi connectivity index (χ3n) is 3.50. The summed E-state index contributed by atoms with van der Waals surface area (Å²) in [4.78, 5) is 16.3. The lowest BCUT2D eigenvalue weighted by molar-refractivity contribution is -0.123. The van der Waals surface area contributed by atoms with Crippen LogP contribution in [0.3, 0.4) is 0 Å². The molecule has 1 heterocycles. The van der Waals surface area contributed by atoms with Gasteiger partial charge in [0.1, 0.15) is 5.01 Å². The van der Waals surface area contributed by atoms with Crippen LogP contribution in [0, 0.1) is 0 Å². The fourth-order valence-electron chi connectivity index (χ4n) is 2.14. The Morgan fingerprint density at radius 2 is 2.26 bits per heavy atom. The van der Waals surface area contributed by atoms with Crippen LogP contribution in [0.2, 0.25) is 0 Å². The zero-order valence-corrected chi connectivity index (χ0v) is 11.2. The van der Waals surface area contributed by atoms with E-state index < -0.39 is 5.54 Å². The summed E-state index contributed by atoms with van der Waals surface area (Å²) >= 11 is 1.58. The van der Waals surface area contributed by atoms with Crippen LogP contribution in [-0.4, -0.2) is 16.4 Å². The van der Waals surface area contributed by atoms with E-state index in [2.05, 4.69) is 10.3 Å². The van der Waals surface area contributed by atoms with Gasteiger partial charge in [-0.05, 0) is 31.4 Å². The van der Waals surface area contributed by atoms with E-state index in [1.165, 1.54) is 0 Å². The Kier molecular flexibility index (Phi) is 3.08. The second-order valence-electron chi connectivity index (χ2n) is 4.88. The number of nitrogens with zero attached hydrogens (tertiary/aromatic N) is 1. The van der Waals surface area contributed by atoms with E-state index in [0.29, 0.717) is 0 Å². The Labute approximate surface area is 115 Å². The molecule has 98 valence electrons. The van der Waals surface area contributed by atoms with Crippen molar-refractivity contribution in [3.63, 3.8) is 0 Å². The summed E-state index contributed by atoms with van der Waals surface area (Å²) in [6, 6.07) is 7.70. The van der Waals surface area contributed by atoms with Crippen LogP contribution in [0.4, 0.5) is 5.69 Å². The SMILES string of the molecule is NC1(C(=O)Nc2cccc(-c3nccs3)c2)CCC1. The van der Waals surface area contributed by atoms with Crippen LogP contribution in [-0.2, 0) is 4.79 Å². The van der Waals surface area contributed by atoms with Crippen molar-refractivity contribution in [1.82, 2.24) is 4.98 Å². The molecule has 1 aromatic heterocycles. The highest BCUT2D eigenvalue weighted by Crippen LogP contribution is 2.31. The van der Waals surface area contributed by atoms with Gasteiger partial charge in [0, 0.05) is 22.8 Å². The second-order valence-corrected chi connectivity index (χ2v) is 5.78. The van der Waals surface area contributed by atoms with E-state index in [4.69, 9.17) is 5.73 Å². The van der Waals surface area contributed by atoms with E-state index in [1.54, 1.807) is 17.5 Å². The smallest absolute Gasteiger partial charge is 0.244 e. The minimum atomic E-state index is -0.669. The largest absolute Gasteiger partial charge is 0.324 e. The molecule has 1 saturated carbocycles. The minimum Gasteiger partial charge on any atom is -0.324 e. The van der Waals surface area contributed by atoms with Crippen LogP contribution in [0.15, 0.2) is 35.8 Å². The Morgan fingerprint density at radius 3 is 2.89 bits per heavy atom. The number of benzene rings is 1. The topological polar surface area (TPSA) is 68.0 Å². The molecule has 19 heavy (non-hydrogen) atoms. The minimum absolute atomic E-state index is 0.0879. The van der Waals surface area contributed by atoms with E-state index in [9.17, 15) is 4.79 Å². The van der Waals surface area contributed by atoms with Crippen LogP contribution < -0.4 is 11.1 Å². The Morgan fingerprint density at radius 1 is 1.42 bits per heavy atom. The molecule has 1 aliphatic rings. The summed E-state index contributed by atoms with van der Waals surface area (Å²) in [5, 5.41) is 5.78. The predicted molar refractivity (Wildman–Crippen MR) is 76.9 cm³/mol. The molecule has 1 aromatic carbocycles. The molecule has 0 spiro atoms. The number of amides is 1. The predicted octanol–water partition coefficient (Wildman–Crippen LogP) is 2.63. The normalized spacial score (nSPS) is 16.7. The van der Waals surface area contributed by atoms with Crippen molar-refractivity contribution in [1.29, 1.82) is 0 Å². The van der Waals surface area contributed by atoms with Crippen molar-refractivity contribution >= 4 is 22.9 Å². The van der Waals surface area contributed by atoms with Gasteiger partial charge in [0.15, 0.2) is 0 Å². The molecule has 2 aromatic rings.